The number of ether oxygens (including phenoxy) is 1. The molecule has 0 fully saturated rings. The number of carbonyl (C=O) groups is 3. The molecule has 0 bridgehead atoms. The molecule has 0 aliphatic heterocycles. The molecule has 0 radical (unpaired) electrons. The number of hydrogen-bond acceptors (Lipinski definition) is 4. The Morgan fingerprint density at radius 3 is 2.10 bits per heavy atom. The average molecular weight is 561 g/mol. The summed E-state index contributed by atoms with van der Waals surface area (Å²) in [7, 11) is 0. The van der Waals surface area contributed by atoms with Crippen molar-refractivity contribution < 1.29 is 24.2 Å². The molecule has 212 valence electrons. The van der Waals surface area contributed by atoms with Crippen LogP contribution >= 0.6 is 0 Å². The van der Waals surface area contributed by atoms with Crippen LogP contribution in [0.3, 0.4) is 0 Å². The van der Waals surface area contributed by atoms with Gasteiger partial charge in [0.15, 0.2) is 0 Å². The second-order valence-electron chi connectivity index (χ2n) is 10.9. The van der Waals surface area contributed by atoms with Gasteiger partial charge in [-0.05, 0) is 70.3 Å². The van der Waals surface area contributed by atoms with Gasteiger partial charge in [-0.3, -0.25) is 4.79 Å². The van der Waals surface area contributed by atoms with E-state index in [-0.39, 0.29) is 36.5 Å². The van der Waals surface area contributed by atoms with E-state index in [1.165, 1.54) is 17.7 Å². The highest BCUT2D eigenvalue weighted by Gasteiger charge is 2.31. The zero-order valence-corrected chi connectivity index (χ0v) is 23.1. The molecule has 2 aliphatic carbocycles. The van der Waals surface area contributed by atoms with Gasteiger partial charge in [0, 0.05) is 12.3 Å². The zero-order chi connectivity index (χ0) is 29.1. The zero-order valence-electron chi connectivity index (χ0n) is 23.1. The van der Waals surface area contributed by atoms with E-state index >= 15 is 0 Å². The quantitative estimate of drug-likeness (QED) is 0.244. The lowest BCUT2D eigenvalue weighted by Gasteiger charge is -2.28. The van der Waals surface area contributed by atoms with E-state index in [1.807, 2.05) is 42.5 Å². The molecule has 0 spiro atoms. The summed E-state index contributed by atoms with van der Waals surface area (Å²) in [4.78, 5) is 38.1. The van der Waals surface area contributed by atoms with Crippen molar-refractivity contribution in [3.05, 3.63) is 130 Å². The van der Waals surface area contributed by atoms with E-state index in [0.29, 0.717) is 0 Å². The van der Waals surface area contributed by atoms with E-state index in [1.54, 1.807) is 12.1 Å². The third-order valence-corrected chi connectivity index (χ3v) is 8.28. The SMILES string of the molecule is O=C(N[C@@H](Cc1ccc(C(=O)O)cc1)C(=O)N[C@@H]1CCCc2ccccc21)OCC1c2ccccc2-c2ccccc21. The van der Waals surface area contributed by atoms with Gasteiger partial charge in [0.05, 0.1) is 11.6 Å². The first kappa shape index (κ1) is 27.3. The standard InChI is InChI=1S/C35H32N2O5/c38-33(36-31-15-7-9-23-8-1-2-10-25(23)31)32(20-22-16-18-24(19-17-22)34(39)40)37-35(41)42-21-30-28-13-5-3-11-26(28)27-12-4-6-14-29(27)30/h1-6,8,10-14,16-19,30-32H,7,9,15,20-21H2,(H,36,38)(H,37,41)(H,39,40)/t31-,32+/m1/s1. The Labute approximate surface area is 244 Å². The Bertz CT molecular complexity index is 1590. The van der Waals surface area contributed by atoms with Gasteiger partial charge in [0.2, 0.25) is 5.91 Å². The summed E-state index contributed by atoms with van der Waals surface area (Å²) >= 11 is 0. The molecule has 2 amide bonds. The van der Waals surface area contributed by atoms with Gasteiger partial charge in [-0.25, -0.2) is 9.59 Å². The first-order valence-corrected chi connectivity index (χ1v) is 14.3. The highest BCUT2D eigenvalue weighted by atomic mass is 16.5. The smallest absolute Gasteiger partial charge is 0.407 e. The first-order valence-electron chi connectivity index (χ1n) is 14.3. The van der Waals surface area contributed by atoms with Gasteiger partial charge >= 0.3 is 12.1 Å². The molecule has 0 saturated carbocycles. The van der Waals surface area contributed by atoms with Crippen LogP contribution in [0, 0.1) is 0 Å². The van der Waals surface area contributed by atoms with Gasteiger partial charge in [-0.1, -0.05) is 84.9 Å². The molecule has 7 heteroatoms. The number of nitrogens with one attached hydrogen (secondary N) is 2. The van der Waals surface area contributed by atoms with Crippen LogP contribution < -0.4 is 10.6 Å². The molecule has 7 nitrogen and oxygen atoms in total. The van der Waals surface area contributed by atoms with E-state index in [4.69, 9.17) is 4.74 Å². The number of aromatic carboxylic acids is 1. The number of benzene rings is 4. The largest absolute Gasteiger partial charge is 0.478 e. The molecule has 0 unspecified atom stereocenters. The van der Waals surface area contributed by atoms with Gasteiger partial charge in [-0.15, -0.1) is 0 Å². The summed E-state index contributed by atoms with van der Waals surface area (Å²) in [6, 6.07) is 29.6. The number of carboxylic acids is 1. The summed E-state index contributed by atoms with van der Waals surface area (Å²) in [6.45, 7) is 0.136. The van der Waals surface area contributed by atoms with E-state index < -0.39 is 18.1 Å². The number of alkyl carbamates (subject to hydrolysis) is 1. The topological polar surface area (TPSA) is 105 Å². The van der Waals surface area contributed by atoms with Crippen LogP contribution in [0.25, 0.3) is 11.1 Å². The molecule has 0 heterocycles. The first-order chi connectivity index (χ1) is 20.5. The summed E-state index contributed by atoms with van der Waals surface area (Å²) in [5.74, 6) is -1.44. The third-order valence-electron chi connectivity index (χ3n) is 8.28. The Hall–Kier alpha value is -4.91. The molecule has 42 heavy (non-hydrogen) atoms. The molecular formula is C35H32N2O5. The molecule has 4 aromatic carbocycles. The fourth-order valence-corrected chi connectivity index (χ4v) is 6.19. The number of rotatable bonds is 8. The summed E-state index contributed by atoms with van der Waals surface area (Å²) in [5.41, 5.74) is 7.69. The number of amides is 2. The van der Waals surface area contributed by atoms with Crippen LogP contribution in [0.15, 0.2) is 97.1 Å². The van der Waals surface area contributed by atoms with Crippen LogP contribution in [-0.4, -0.2) is 35.7 Å². The molecule has 4 aromatic rings. The van der Waals surface area contributed by atoms with Crippen molar-refractivity contribution in [1.82, 2.24) is 10.6 Å². The normalized spacial score (nSPS) is 16.0. The molecular weight excluding hydrogens is 528 g/mol. The summed E-state index contributed by atoms with van der Waals surface area (Å²) < 4.78 is 5.75. The van der Waals surface area contributed by atoms with Crippen LogP contribution in [0.4, 0.5) is 4.79 Å². The lowest BCUT2D eigenvalue weighted by Crippen LogP contribution is -2.49. The van der Waals surface area contributed by atoms with Gasteiger partial charge < -0.3 is 20.5 Å². The number of hydrogen-bond donors (Lipinski definition) is 3. The Kier molecular flexibility index (Phi) is 7.73. The van der Waals surface area contributed by atoms with E-state index in [0.717, 1.165) is 52.6 Å². The second kappa shape index (κ2) is 11.9. The van der Waals surface area contributed by atoms with Crippen LogP contribution in [0.2, 0.25) is 0 Å². The minimum absolute atomic E-state index is 0.0993. The highest BCUT2D eigenvalue weighted by molar-refractivity contribution is 5.88. The summed E-state index contributed by atoms with van der Waals surface area (Å²) in [5, 5.41) is 15.2. The molecule has 2 aliphatic rings. The molecule has 6 rings (SSSR count). The Morgan fingerprint density at radius 2 is 1.43 bits per heavy atom. The van der Waals surface area contributed by atoms with Gasteiger partial charge in [-0.2, -0.15) is 0 Å². The monoisotopic (exact) mass is 560 g/mol. The van der Waals surface area contributed by atoms with Crippen molar-refractivity contribution >= 4 is 18.0 Å². The average Bonchev–Trinajstić information content (AvgIpc) is 3.33. The summed E-state index contributed by atoms with van der Waals surface area (Å²) in [6.07, 6.45) is 2.25. The maximum Gasteiger partial charge on any atom is 0.407 e. The highest BCUT2D eigenvalue weighted by Crippen LogP contribution is 2.44. The molecule has 2 atom stereocenters. The van der Waals surface area contributed by atoms with Crippen LogP contribution in [0.1, 0.15) is 63.0 Å². The van der Waals surface area contributed by atoms with E-state index in [2.05, 4.69) is 41.0 Å². The predicted octanol–water partition coefficient (Wildman–Crippen LogP) is 6.03. The van der Waals surface area contributed by atoms with Crippen molar-refractivity contribution in [2.75, 3.05) is 6.61 Å². The number of fused-ring (bicyclic) bond motifs is 4. The van der Waals surface area contributed by atoms with Crippen molar-refractivity contribution in [1.29, 1.82) is 0 Å². The Morgan fingerprint density at radius 1 is 0.810 bits per heavy atom. The predicted molar refractivity (Wildman–Crippen MR) is 159 cm³/mol. The fraction of sp³-hybridized carbons (Fsp3) is 0.229. The van der Waals surface area contributed by atoms with Crippen molar-refractivity contribution in [3.8, 4) is 11.1 Å². The van der Waals surface area contributed by atoms with Gasteiger partial charge in [0.1, 0.15) is 12.6 Å². The number of aryl methyl sites for hydroxylation is 1. The molecule has 0 aromatic heterocycles. The minimum Gasteiger partial charge on any atom is -0.478 e. The molecule has 0 saturated heterocycles. The maximum atomic E-state index is 13.6. The minimum atomic E-state index is -1.02. The lowest BCUT2D eigenvalue weighted by atomic mass is 9.87. The second-order valence-corrected chi connectivity index (χ2v) is 10.9. The van der Waals surface area contributed by atoms with Crippen molar-refractivity contribution in [3.63, 3.8) is 0 Å². The molecule has 3 N–H and O–H groups in total. The fourth-order valence-electron chi connectivity index (χ4n) is 6.19. The van der Waals surface area contributed by atoms with E-state index in [9.17, 15) is 19.5 Å². The Balaban J connectivity index is 1.18. The third kappa shape index (κ3) is 5.63. The van der Waals surface area contributed by atoms with Crippen LogP contribution in [-0.2, 0) is 22.4 Å². The van der Waals surface area contributed by atoms with Crippen LogP contribution in [0.5, 0.6) is 0 Å². The number of carboxylic acid groups (broad SMARTS) is 1. The lowest BCUT2D eigenvalue weighted by molar-refractivity contribution is -0.123. The number of carbonyl (C=O) groups excluding carboxylic acids is 2. The maximum absolute atomic E-state index is 13.6. The van der Waals surface area contributed by atoms with Crippen molar-refractivity contribution in [2.24, 2.45) is 0 Å². The van der Waals surface area contributed by atoms with Crippen molar-refractivity contribution in [2.45, 2.75) is 43.7 Å². The van der Waals surface area contributed by atoms with Gasteiger partial charge in [0.25, 0.3) is 0 Å².